The molecule has 0 amide bonds. The second kappa shape index (κ2) is 7.72. The third-order valence-corrected chi connectivity index (χ3v) is 7.70. The van der Waals surface area contributed by atoms with Crippen molar-refractivity contribution in [2.45, 2.75) is 5.51 Å². The molecule has 6 nitrogen and oxygen atoms in total. The van der Waals surface area contributed by atoms with Gasteiger partial charge in [0.1, 0.15) is 11.4 Å². The van der Waals surface area contributed by atoms with Crippen molar-refractivity contribution in [3.8, 4) is 11.4 Å². The Bertz CT molecular complexity index is 2170. The van der Waals surface area contributed by atoms with Gasteiger partial charge in [-0.05, 0) is 53.9 Å². The smallest absolute Gasteiger partial charge is 0.376 e. The lowest BCUT2D eigenvalue weighted by Crippen LogP contribution is -2.28. The minimum atomic E-state index is -5.81. The van der Waals surface area contributed by atoms with Crippen LogP contribution in [-0.4, -0.2) is 27.9 Å². The molecule has 0 unspecified atom stereocenters. The van der Waals surface area contributed by atoms with Crippen LogP contribution in [0.15, 0.2) is 97.3 Å². The van der Waals surface area contributed by atoms with E-state index in [2.05, 4.69) is 38.0 Å². The van der Waals surface area contributed by atoms with E-state index in [-0.39, 0.29) is 0 Å². The number of halogens is 3. The number of pyridine rings is 1. The lowest BCUT2D eigenvalue weighted by atomic mass is 10.0. The van der Waals surface area contributed by atoms with Gasteiger partial charge in [0, 0.05) is 39.6 Å². The van der Waals surface area contributed by atoms with E-state index in [1.165, 1.54) is 12.1 Å². The van der Waals surface area contributed by atoms with E-state index in [1.807, 2.05) is 46.9 Å². The number of para-hydroxylation sites is 2. The van der Waals surface area contributed by atoms with Crippen LogP contribution >= 0.6 is 0 Å². The summed E-state index contributed by atoms with van der Waals surface area (Å²) in [7, 11) is -5.81. The molecule has 7 aromatic rings. The molecule has 0 atom stereocenters. The summed E-state index contributed by atoms with van der Waals surface area (Å²) >= 11 is 0. The Balaban J connectivity index is 1.57. The zero-order chi connectivity index (χ0) is 26.2. The summed E-state index contributed by atoms with van der Waals surface area (Å²) in [5, 5.41) is 4.04. The van der Waals surface area contributed by atoms with Crippen molar-refractivity contribution >= 4 is 59.2 Å². The lowest BCUT2D eigenvalue weighted by Gasteiger charge is -2.13. The fraction of sp³-hybridized carbons (Fsp3) is 0.0357. The zero-order valence-corrected chi connectivity index (χ0v) is 20.2. The zero-order valence-electron chi connectivity index (χ0n) is 19.3. The highest BCUT2D eigenvalue weighted by Crippen LogP contribution is 2.39. The predicted molar refractivity (Wildman–Crippen MR) is 140 cm³/mol. The quantitative estimate of drug-likeness (QED) is 0.140. The summed E-state index contributed by atoms with van der Waals surface area (Å²) in [6.45, 7) is 0. The largest absolute Gasteiger partial charge is 0.534 e. The van der Waals surface area contributed by atoms with Crippen molar-refractivity contribution in [2.75, 3.05) is 0 Å². The number of hydrogen-bond donors (Lipinski definition) is 0. The van der Waals surface area contributed by atoms with Crippen LogP contribution in [0.5, 0.6) is 5.75 Å². The maximum absolute atomic E-state index is 12.9. The van der Waals surface area contributed by atoms with Crippen LogP contribution in [0.25, 0.3) is 54.8 Å². The fourth-order valence-corrected chi connectivity index (χ4v) is 5.59. The van der Waals surface area contributed by atoms with Gasteiger partial charge in [-0.2, -0.15) is 21.6 Å². The maximum atomic E-state index is 12.9. The average molecular weight is 532 g/mol. The molecular weight excluding hydrogens is 515 g/mol. The molecule has 188 valence electrons. The highest BCUT2D eigenvalue weighted by Gasteiger charge is 2.48. The van der Waals surface area contributed by atoms with Crippen LogP contribution in [0, 0.1) is 0 Å². The van der Waals surface area contributed by atoms with E-state index in [4.69, 9.17) is 0 Å². The molecule has 0 aliphatic rings. The van der Waals surface area contributed by atoms with Crippen molar-refractivity contribution in [3.05, 3.63) is 97.3 Å². The molecule has 0 saturated carbocycles. The van der Waals surface area contributed by atoms with E-state index in [1.54, 1.807) is 18.5 Å². The van der Waals surface area contributed by atoms with E-state index in [0.717, 1.165) is 38.4 Å². The molecule has 0 bridgehead atoms. The van der Waals surface area contributed by atoms with E-state index in [9.17, 15) is 21.6 Å². The monoisotopic (exact) mass is 531 g/mol. The highest BCUT2D eigenvalue weighted by atomic mass is 32.2. The third kappa shape index (κ3) is 3.20. The Kier molecular flexibility index (Phi) is 4.59. The summed E-state index contributed by atoms with van der Waals surface area (Å²) in [5.41, 5.74) is -1.21. The first kappa shape index (κ1) is 22.6. The Labute approximate surface area is 213 Å². The number of imidazole rings is 1. The SMILES string of the molecule is O=S(=O)(Oc1ccc2c3cc4c5ccccc5n(-c5ccccc5)c4cc3n3ccnc3c2c1)C(F)(F)F. The maximum Gasteiger partial charge on any atom is 0.534 e. The molecule has 4 aromatic carbocycles. The minimum Gasteiger partial charge on any atom is -0.376 e. The van der Waals surface area contributed by atoms with Crippen molar-refractivity contribution < 1.29 is 25.8 Å². The molecule has 3 heterocycles. The molecule has 3 aromatic heterocycles. The molecule has 10 heteroatoms. The van der Waals surface area contributed by atoms with Crippen LogP contribution in [-0.2, 0) is 10.1 Å². The molecular formula is C28H16F3N3O3S. The summed E-state index contributed by atoms with van der Waals surface area (Å²) in [5.74, 6) is -0.444. The van der Waals surface area contributed by atoms with Gasteiger partial charge in [-0.25, -0.2) is 4.98 Å². The van der Waals surface area contributed by atoms with E-state index < -0.39 is 21.4 Å². The molecule has 0 fully saturated rings. The molecule has 0 spiro atoms. The van der Waals surface area contributed by atoms with Crippen molar-refractivity contribution in [3.63, 3.8) is 0 Å². The molecule has 7 rings (SSSR count). The lowest BCUT2D eigenvalue weighted by molar-refractivity contribution is -0.0500. The summed E-state index contributed by atoms with van der Waals surface area (Å²) < 4.78 is 70.4. The Morgan fingerprint density at radius 2 is 1.45 bits per heavy atom. The molecule has 0 saturated heterocycles. The summed E-state index contributed by atoms with van der Waals surface area (Å²) in [6, 6.07) is 26.3. The molecule has 38 heavy (non-hydrogen) atoms. The van der Waals surface area contributed by atoms with Crippen LogP contribution in [0.3, 0.4) is 0 Å². The second-order valence-corrected chi connectivity index (χ2v) is 10.4. The van der Waals surface area contributed by atoms with Gasteiger partial charge in [0.25, 0.3) is 0 Å². The number of benzene rings is 4. The van der Waals surface area contributed by atoms with Gasteiger partial charge in [-0.3, -0.25) is 4.40 Å². The second-order valence-electron chi connectivity index (χ2n) is 8.89. The van der Waals surface area contributed by atoms with Gasteiger partial charge in [0.2, 0.25) is 0 Å². The standard InChI is InChI=1S/C28H16F3N3O3S/c29-28(30,31)38(35,36)37-18-10-11-19-21-15-22-20-8-4-5-9-24(20)34(17-6-2-1-3-7-17)26(22)16-25(21)33-13-12-32-27(33)23(19)14-18/h1-16H. The summed E-state index contributed by atoms with van der Waals surface area (Å²) in [4.78, 5) is 4.42. The first-order valence-corrected chi connectivity index (χ1v) is 13.0. The fourth-order valence-electron chi connectivity index (χ4n) is 5.14. The first-order chi connectivity index (χ1) is 18.2. The third-order valence-electron chi connectivity index (χ3n) is 6.72. The number of fused-ring (bicyclic) bond motifs is 9. The Morgan fingerprint density at radius 3 is 2.24 bits per heavy atom. The van der Waals surface area contributed by atoms with Crippen LogP contribution < -0.4 is 4.18 Å². The van der Waals surface area contributed by atoms with Gasteiger partial charge >= 0.3 is 15.6 Å². The highest BCUT2D eigenvalue weighted by molar-refractivity contribution is 7.88. The summed E-state index contributed by atoms with van der Waals surface area (Å²) in [6.07, 6.45) is 3.35. The molecule has 0 aliphatic carbocycles. The number of nitrogens with zero attached hydrogens (tertiary/aromatic N) is 3. The Morgan fingerprint density at radius 1 is 0.711 bits per heavy atom. The van der Waals surface area contributed by atoms with Crippen LogP contribution in [0.1, 0.15) is 0 Å². The number of aromatic nitrogens is 3. The van der Waals surface area contributed by atoms with Crippen LogP contribution in [0.2, 0.25) is 0 Å². The van der Waals surface area contributed by atoms with Gasteiger partial charge in [0.05, 0.1) is 16.6 Å². The van der Waals surface area contributed by atoms with Crippen molar-refractivity contribution in [1.29, 1.82) is 0 Å². The number of rotatable bonds is 3. The van der Waals surface area contributed by atoms with Crippen LogP contribution in [0.4, 0.5) is 13.2 Å². The van der Waals surface area contributed by atoms with E-state index >= 15 is 0 Å². The number of hydrogen-bond acceptors (Lipinski definition) is 4. The van der Waals surface area contributed by atoms with Gasteiger partial charge in [-0.15, -0.1) is 0 Å². The minimum absolute atomic E-state index is 0.444. The predicted octanol–water partition coefficient (Wildman–Crippen LogP) is 6.97. The Hall–Kier alpha value is -4.57. The molecule has 0 N–H and O–H groups in total. The van der Waals surface area contributed by atoms with Crippen molar-refractivity contribution in [2.24, 2.45) is 0 Å². The molecule has 0 aliphatic heterocycles. The van der Waals surface area contributed by atoms with E-state index in [0.29, 0.717) is 16.4 Å². The van der Waals surface area contributed by atoms with Gasteiger partial charge in [-0.1, -0.05) is 36.4 Å². The topological polar surface area (TPSA) is 65.6 Å². The molecule has 0 radical (unpaired) electrons. The van der Waals surface area contributed by atoms with Crippen molar-refractivity contribution in [1.82, 2.24) is 14.0 Å². The number of alkyl halides is 3. The first-order valence-electron chi connectivity index (χ1n) is 11.5. The average Bonchev–Trinajstić information content (AvgIpc) is 3.51. The van der Waals surface area contributed by atoms with Gasteiger partial charge in [0.15, 0.2) is 0 Å². The normalized spacial score (nSPS) is 12.8. The van der Waals surface area contributed by atoms with Gasteiger partial charge < -0.3 is 8.75 Å².